The van der Waals surface area contributed by atoms with Gasteiger partial charge in [-0.15, -0.1) is 5.11 Å². The van der Waals surface area contributed by atoms with E-state index < -0.39 is 4.92 Å². The van der Waals surface area contributed by atoms with Crippen LogP contribution in [0.3, 0.4) is 0 Å². The van der Waals surface area contributed by atoms with Crippen LogP contribution in [0.5, 0.6) is 5.75 Å². The van der Waals surface area contributed by atoms with Gasteiger partial charge in [0.15, 0.2) is 5.75 Å². The average molecular weight is 454 g/mol. The fourth-order valence-electron chi connectivity index (χ4n) is 4.70. The second-order valence-electron chi connectivity index (χ2n) is 9.01. The van der Waals surface area contributed by atoms with Crippen LogP contribution in [0, 0.1) is 17.0 Å². The van der Waals surface area contributed by atoms with Crippen molar-refractivity contribution in [3.63, 3.8) is 0 Å². The lowest BCUT2D eigenvalue weighted by Gasteiger charge is -2.50. The lowest BCUT2D eigenvalue weighted by Crippen LogP contribution is -2.68. The molecule has 0 spiro atoms. The number of non-ortho nitro benzene ring substituents is 1. The molecule has 0 aromatic heterocycles. The average Bonchev–Trinajstić information content (AvgIpc) is 2.84. The molecular weight excluding hydrogens is 420 g/mol. The first-order chi connectivity index (χ1) is 16.0. The van der Waals surface area contributed by atoms with Gasteiger partial charge in [-0.3, -0.25) is 15.0 Å². The van der Waals surface area contributed by atoms with E-state index in [-0.39, 0.29) is 5.69 Å². The van der Waals surface area contributed by atoms with Gasteiger partial charge in [0.2, 0.25) is 0 Å². The Bertz CT molecular complexity index is 1000. The molecule has 3 fully saturated rings. The molecular formula is C24H33N6O3+. The number of nitrogens with zero attached hydrogens (tertiary/aromatic N) is 5. The Balaban J connectivity index is 1.28. The Labute approximate surface area is 194 Å². The van der Waals surface area contributed by atoms with Crippen LogP contribution < -0.4 is 10.1 Å². The number of fused-ring (bicyclic) bond motifs is 3. The monoisotopic (exact) mass is 453 g/mol. The number of hydrogen-bond acceptors (Lipinski definition) is 7. The summed E-state index contributed by atoms with van der Waals surface area (Å²) in [5.74, 6) is 0.324. The second kappa shape index (κ2) is 10.4. The molecule has 3 heterocycles. The van der Waals surface area contributed by atoms with Gasteiger partial charge >= 0.3 is 0 Å². The summed E-state index contributed by atoms with van der Waals surface area (Å²) in [5, 5.41) is 23.2. The molecule has 0 unspecified atom stereocenters. The predicted octanol–water partition coefficient (Wildman–Crippen LogP) is 3.61. The summed E-state index contributed by atoms with van der Waals surface area (Å²) in [6.07, 6.45) is 0.974. The summed E-state index contributed by atoms with van der Waals surface area (Å²) in [6.45, 7) is 13.0. The van der Waals surface area contributed by atoms with Crippen molar-refractivity contribution < 1.29 is 14.1 Å². The number of azo groups is 1. The van der Waals surface area contributed by atoms with E-state index in [4.69, 9.17) is 4.74 Å². The Morgan fingerprint density at radius 1 is 1.06 bits per heavy atom. The van der Waals surface area contributed by atoms with Gasteiger partial charge in [0.25, 0.3) is 5.69 Å². The summed E-state index contributed by atoms with van der Waals surface area (Å²) in [5.41, 5.74) is 3.50. The van der Waals surface area contributed by atoms with Gasteiger partial charge in [-0.25, -0.2) is 0 Å². The van der Waals surface area contributed by atoms with E-state index in [1.807, 2.05) is 13.0 Å². The predicted molar refractivity (Wildman–Crippen MR) is 128 cm³/mol. The highest BCUT2D eigenvalue weighted by atomic mass is 16.6. The molecule has 0 saturated carbocycles. The van der Waals surface area contributed by atoms with E-state index >= 15 is 0 Å². The smallest absolute Gasteiger partial charge is 0.273 e. The molecule has 3 aliphatic heterocycles. The third kappa shape index (κ3) is 5.73. The molecule has 3 aliphatic rings. The number of benzene rings is 2. The van der Waals surface area contributed by atoms with Crippen LogP contribution in [-0.2, 0) is 6.42 Å². The minimum absolute atomic E-state index is 0.0392. The number of nitro benzene ring substituents is 1. The molecule has 3 saturated heterocycles. The molecule has 2 aromatic carbocycles. The van der Waals surface area contributed by atoms with E-state index in [0.717, 1.165) is 30.8 Å². The first-order valence-electron chi connectivity index (χ1n) is 11.6. The summed E-state index contributed by atoms with van der Waals surface area (Å²) >= 11 is 0. The Hall–Kier alpha value is -2.88. The Kier molecular flexibility index (Phi) is 7.32. The molecule has 0 atom stereocenters. The van der Waals surface area contributed by atoms with E-state index in [2.05, 4.69) is 32.6 Å². The van der Waals surface area contributed by atoms with Gasteiger partial charge < -0.3 is 14.5 Å². The molecule has 176 valence electrons. The number of nitro groups is 1. The minimum Gasteiger partial charge on any atom is -0.494 e. The molecule has 9 nitrogen and oxygen atoms in total. The summed E-state index contributed by atoms with van der Waals surface area (Å²) < 4.78 is 6.52. The standard InChI is InChI=1S/C24H33N6O3/c1-19-17-20(7-8-25-9-13-30-14-10-28(11-15-30)12-16-30)3-5-22(19)26-27-23-6-4-21(29(31)32)18-24(23)33-2/h3-6,17-18,25H,7-16H2,1-2H3/q+1. The van der Waals surface area contributed by atoms with Gasteiger partial charge in [-0.1, -0.05) is 12.1 Å². The fourth-order valence-corrected chi connectivity index (χ4v) is 4.70. The number of aryl methyl sites for hydroxylation is 1. The van der Waals surface area contributed by atoms with Crippen LogP contribution >= 0.6 is 0 Å². The maximum Gasteiger partial charge on any atom is 0.273 e. The van der Waals surface area contributed by atoms with Crippen LogP contribution in [-0.4, -0.2) is 80.3 Å². The highest BCUT2D eigenvalue weighted by Crippen LogP contribution is 2.33. The molecule has 2 aromatic rings. The third-order valence-electron chi connectivity index (χ3n) is 6.93. The largest absolute Gasteiger partial charge is 0.494 e. The zero-order valence-corrected chi connectivity index (χ0v) is 19.5. The maximum atomic E-state index is 10.9. The second-order valence-corrected chi connectivity index (χ2v) is 9.01. The van der Waals surface area contributed by atoms with Gasteiger partial charge in [0, 0.05) is 32.2 Å². The van der Waals surface area contributed by atoms with Crippen LogP contribution in [0.15, 0.2) is 46.6 Å². The number of methoxy groups -OCH3 is 1. The summed E-state index contributed by atoms with van der Waals surface area (Å²) in [6, 6.07) is 10.5. The number of quaternary nitrogens is 1. The van der Waals surface area contributed by atoms with E-state index in [9.17, 15) is 10.1 Å². The maximum absolute atomic E-state index is 10.9. The number of piperazine rings is 3. The van der Waals surface area contributed by atoms with Gasteiger partial charge in [-0.05, 0) is 43.1 Å². The zero-order valence-electron chi connectivity index (χ0n) is 19.5. The van der Waals surface area contributed by atoms with Crippen molar-refractivity contribution in [2.24, 2.45) is 10.2 Å². The van der Waals surface area contributed by atoms with Gasteiger partial charge in [0.1, 0.15) is 5.69 Å². The number of ether oxygens (including phenoxy) is 1. The molecule has 0 amide bonds. The molecule has 2 bridgehead atoms. The van der Waals surface area contributed by atoms with Crippen molar-refractivity contribution in [2.45, 2.75) is 13.3 Å². The van der Waals surface area contributed by atoms with Gasteiger partial charge in [-0.2, -0.15) is 5.11 Å². The van der Waals surface area contributed by atoms with E-state index in [1.165, 1.54) is 75.1 Å². The van der Waals surface area contributed by atoms with Crippen LogP contribution in [0.2, 0.25) is 0 Å². The highest BCUT2D eigenvalue weighted by Gasteiger charge is 2.37. The van der Waals surface area contributed by atoms with Crippen molar-refractivity contribution in [2.75, 3.05) is 66.0 Å². The lowest BCUT2D eigenvalue weighted by atomic mass is 10.1. The van der Waals surface area contributed by atoms with Crippen molar-refractivity contribution in [1.29, 1.82) is 0 Å². The number of nitrogens with one attached hydrogen (secondary N) is 1. The number of rotatable bonds is 10. The van der Waals surface area contributed by atoms with E-state index in [1.54, 1.807) is 6.07 Å². The SMILES string of the molecule is COc1cc([N+](=O)[O-])ccc1N=Nc1ccc(CCNCC[N+]23CCN(CC2)CC3)cc1C. The van der Waals surface area contributed by atoms with Crippen molar-refractivity contribution in [1.82, 2.24) is 10.2 Å². The Morgan fingerprint density at radius 2 is 1.76 bits per heavy atom. The zero-order chi connectivity index (χ0) is 23.3. The van der Waals surface area contributed by atoms with Crippen LogP contribution in [0.4, 0.5) is 17.1 Å². The first kappa shape index (κ1) is 23.3. The van der Waals surface area contributed by atoms with E-state index in [0.29, 0.717) is 11.4 Å². The normalized spacial score (nSPS) is 22.1. The topological polar surface area (TPSA) is 92.4 Å². The molecule has 0 aliphatic carbocycles. The minimum atomic E-state index is -0.460. The number of hydrogen-bond donors (Lipinski definition) is 1. The van der Waals surface area contributed by atoms with Crippen molar-refractivity contribution in [3.8, 4) is 5.75 Å². The molecule has 5 rings (SSSR count). The molecule has 33 heavy (non-hydrogen) atoms. The molecule has 0 radical (unpaired) electrons. The Morgan fingerprint density at radius 3 is 2.42 bits per heavy atom. The summed E-state index contributed by atoms with van der Waals surface area (Å²) in [7, 11) is 1.46. The fraction of sp³-hybridized carbons (Fsp3) is 0.500. The van der Waals surface area contributed by atoms with Crippen molar-refractivity contribution >= 4 is 17.1 Å². The van der Waals surface area contributed by atoms with Crippen LogP contribution in [0.25, 0.3) is 0 Å². The van der Waals surface area contributed by atoms with Gasteiger partial charge in [0.05, 0.1) is 50.0 Å². The first-order valence-corrected chi connectivity index (χ1v) is 11.6. The van der Waals surface area contributed by atoms with Crippen molar-refractivity contribution in [3.05, 3.63) is 57.6 Å². The lowest BCUT2D eigenvalue weighted by molar-refractivity contribution is -0.939. The molecule has 9 heteroatoms. The molecule has 1 N–H and O–H groups in total. The van der Waals surface area contributed by atoms with Crippen LogP contribution in [0.1, 0.15) is 11.1 Å². The highest BCUT2D eigenvalue weighted by molar-refractivity contribution is 5.57. The summed E-state index contributed by atoms with van der Waals surface area (Å²) in [4.78, 5) is 13.1. The third-order valence-corrected chi connectivity index (χ3v) is 6.93. The quantitative estimate of drug-likeness (QED) is 0.195.